The third-order valence-corrected chi connectivity index (χ3v) is 2.00. The van der Waals surface area contributed by atoms with E-state index in [0.29, 0.717) is 24.0 Å². The van der Waals surface area contributed by atoms with Gasteiger partial charge in [0.1, 0.15) is 5.69 Å². The van der Waals surface area contributed by atoms with Gasteiger partial charge >= 0.3 is 0 Å². The topological polar surface area (TPSA) is 83.8 Å². The van der Waals surface area contributed by atoms with Crippen LogP contribution in [0, 0.1) is 0 Å². The van der Waals surface area contributed by atoms with E-state index in [0.717, 1.165) is 6.54 Å². The van der Waals surface area contributed by atoms with Crippen molar-refractivity contribution in [2.24, 2.45) is 0 Å². The predicted octanol–water partition coefficient (Wildman–Crippen LogP) is 0.534. The number of H-pyrrole nitrogens is 1. The average Bonchev–Trinajstić information content (AvgIpc) is 2.75. The van der Waals surface area contributed by atoms with Crippen LogP contribution in [0.2, 0.25) is 0 Å². The first-order chi connectivity index (χ1) is 7.79. The normalized spacial score (nSPS) is 10.6. The highest BCUT2D eigenvalue weighted by atomic mass is 16.5. The molecular weight excluding hydrogens is 208 g/mol. The van der Waals surface area contributed by atoms with E-state index in [2.05, 4.69) is 20.4 Å². The van der Waals surface area contributed by atoms with Crippen LogP contribution < -0.4 is 10.9 Å². The van der Waals surface area contributed by atoms with E-state index in [1.54, 1.807) is 12.1 Å². The predicted molar refractivity (Wildman–Crippen MR) is 57.7 cm³/mol. The summed E-state index contributed by atoms with van der Waals surface area (Å²) in [6.45, 7) is 3.39. The molecule has 2 rings (SSSR count). The highest BCUT2D eigenvalue weighted by Crippen LogP contribution is 2.11. The first kappa shape index (κ1) is 10.6. The fraction of sp³-hybridized carbons (Fsp3) is 0.300. The van der Waals surface area contributed by atoms with Crippen molar-refractivity contribution in [3.8, 4) is 11.6 Å². The van der Waals surface area contributed by atoms with Gasteiger partial charge in [0, 0.05) is 6.07 Å². The second kappa shape index (κ2) is 4.71. The molecule has 2 aromatic rings. The van der Waals surface area contributed by atoms with Gasteiger partial charge in [0.25, 0.3) is 5.89 Å². The van der Waals surface area contributed by atoms with E-state index < -0.39 is 0 Å². The molecule has 0 aliphatic rings. The van der Waals surface area contributed by atoms with Crippen molar-refractivity contribution in [1.29, 1.82) is 0 Å². The van der Waals surface area contributed by atoms with E-state index in [1.807, 2.05) is 6.92 Å². The van der Waals surface area contributed by atoms with Crippen LogP contribution in [0.3, 0.4) is 0 Å². The van der Waals surface area contributed by atoms with Crippen molar-refractivity contribution in [2.45, 2.75) is 13.5 Å². The van der Waals surface area contributed by atoms with Crippen molar-refractivity contribution in [1.82, 2.24) is 20.4 Å². The summed E-state index contributed by atoms with van der Waals surface area (Å²) in [6.07, 6.45) is 0. The summed E-state index contributed by atoms with van der Waals surface area (Å²) in [5.74, 6) is 0.896. The first-order valence-electron chi connectivity index (χ1n) is 5.02. The number of nitrogens with zero attached hydrogens (tertiary/aromatic N) is 2. The molecular formula is C10H12N4O2. The van der Waals surface area contributed by atoms with Crippen LogP contribution in [0.5, 0.6) is 0 Å². The third kappa shape index (κ3) is 2.34. The molecule has 0 saturated carbocycles. The van der Waals surface area contributed by atoms with Crippen LogP contribution in [-0.2, 0) is 6.54 Å². The summed E-state index contributed by atoms with van der Waals surface area (Å²) in [6, 6.07) is 4.79. The highest BCUT2D eigenvalue weighted by Gasteiger charge is 2.08. The summed E-state index contributed by atoms with van der Waals surface area (Å²) < 4.78 is 5.03. The number of nitrogens with one attached hydrogen (secondary N) is 2. The molecule has 0 aliphatic heterocycles. The van der Waals surface area contributed by atoms with E-state index >= 15 is 0 Å². The number of pyridine rings is 1. The van der Waals surface area contributed by atoms with Crippen LogP contribution in [0.4, 0.5) is 0 Å². The summed E-state index contributed by atoms with van der Waals surface area (Å²) >= 11 is 0. The monoisotopic (exact) mass is 220 g/mol. The number of rotatable bonds is 4. The minimum atomic E-state index is -0.191. The van der Waals surface area contributed by atoms with Crippen molar-refractivity contribution >= 4 is 0 Å². The minimum Gasteiger partial charge on any atom is -0.332 e. The second-order valence-electron chi connectivity index (χ2n) is 3.22. The van der Waals surface area contributed by atoms with Gasteiger partial charge in [-0.05, 0) is 12.6 Å². The van der Waals surface area contributed by atoms with Gasteiger partial charge in [0.2, 0.25) is 5.56 Å². The summed E-state index contributed by atoms with van der Waals surface area (Å²) in [5, 5.41) is 6.87. The van der Waals surface area contributed by atoms with Crippen molar-refractivity contribution in [3.05, 3.63) is 34.4 Å². The lowest BCUT2D eigenvalue weighted by atomic mass is 10.3. The lowest BCUT2D eigenvalue weighted by molar-refractivity contribution is 0.418. The van der Waals surface area contributed by atoms with E-state index in [-0.39, 0.29) is 5.56 Å². The molecule has 0 fully saturated rings. The first-order valence-corrected chi connectivity index (χ1v) is 5.02. The molecule has 0 aliphatic carbocycles. The zero-order valence-electron chi connectivity index (χ0n) is 8.86. The maximum atomic E-state index is 11.1. The Balaban J connectivity index is 2.21. The molecule has 0 spiro atoms. The Morgan fingerprint density at radius 1 is 1.50 bits per heavy atom. The van der Waals surface area contributed by atoms with Crippen molar-refractivity contribution in [2.75, 3.05) is 6.54 Å². The van der Waals surface area contributed by atoms with E-state index in [1.165, 1.54) is 6.07 Å². The molecule has 0 unspecified atom stereocenters. The standard InChI is InChI=1S/C10H12N4O2/c1-2-11-6-8-13-10(16-14-8)7-4-3-5-9(15)12-7/h3-5,11H,2,6H2,1H3,(H,12,15). The molecule has 6 heteroatoms. The molecule has 0 amide bonds. The second-order valence-corrected chi connectivity index (χ2v) is 3.22. The fourth-order valence-electron chi connectivity index (χ4n) is 1.24. The highest BCUT2D eigenvalue weighted by molar-refractivity contribution is 5.45. The lowest BCUT2D eigenvalue weighted by Gasteiger charge is -1.93. The Morgan fingerprint density at radius 3 is 3.12 bits per heavy atom. The summed E-state index contributed by atoms with van der Waals surface area (Å²) in [4.78, 5) is 17.9. The number of aromatic nitrogens is 3. The zero-order chi connectivity index (χ0) is 11.4. The van der Waals surface area contributed by atoms with Gasteiger partial charge in [-0.15, -0.1) is 0 Å². The van der Waals surface area contributed by atoms with Crippen LogP contribution >= 0.6 is 0 Å². The van der Waals surface area contributed by atoms with E-state index in [4.69, 9.17) is 4.52 Å². The molecule has 2 aromatic heterocycles. The number of hydrogen-bond acceptors (Lipinski definition) is 5. The fourth-order valence-corrected chi connectivity index (χ4v) is 1.24. The van der Waals surface area contributed by atoms with Gasteiger partial charge in [0.15, 0.2) is 5.82 Å². The number of hydrogen-bond donors (Lipinski definition) is 2. The maximum absolute atomic E-state index is 11.1. The molecule has 84 valence electrons. The van der Waals surface area contributed by atoms with Gasteiger partial charge in [-0.2, -0.15) is 4.98 Å². The van der Waals surface area contributed by atoms with Crippen molar-refractivity contribution < 1.29 is 4.52 Å². The van der Waals surface area contributed by atoms with Gasteiger partial charge in [-0.25, -0.2) is 0 Å². The van der Waals surface area contributed by atoms with Crippen molar-refractivity contribution in [3.63, 3.8) is 0 Å². The zero-order valence-corrected chi connectivity index (χ0v) is 8.86. The van der Waals surface area contributed by atoms with Crippen LogP contribution in [0.1, 0.15) is 12.7 Å². The minimum absolute atomic E-state index is 0.191. The van der Waals surface area contributed by atoms with Crippen LogP contribution in [0.25, 0.3) is 11.6 Å². The Kier molecular flexibility index (Phi) is 3.11. The largest absolute Gasteiger partial charge is 0.332 e. The Labute approximate surface area is 91.7 Å². The molecule has 0 aromatic carbocycles. The molecule has 6 nitrogen and oxygen atoms in total. The Bertz CT molecular complexity index is 517. The molecule has 2 heterocycles. The third-order valence-electron chi connectivity index (χ3n) is 2.00. The van der Waals surface area contributed by atoms with Gasteiger partial charge in [-0.1, -0.05) is 18.1 Å². The molecule has 2 N–H and O–H groups in total. The lowest BCUT2D eigenvalue weighted by Crippen LogP contribution is -2.12. The number of aromatic amines is 1. The summed E-state index contributed by atoms with van der Waals surface area (Å²) in [5.41, 5.74) is 0.340. The maximum Gasteiger partial charge on any atom is 0.274 e. The Morgan fingerprint density at radius 2 is 2.38 bits per heavy atom. The molecule has 0 bridgehead atoms. The molecule has 16 heavy (non-hydrogen) atoms. The van der Waals surface area contributed by atoms with Crippen LogP contribution in [-0.4, -0.2) is 21.7 Å². The molecule has 0 radical (unpaired) electrons. The molecule has 0 saturated heterocycles. The molecule has 0 atom stereocenters. The Hall–Kier alpha value is -1.95. The smallest absolute Gasteiger partial charge is 0.274 e. The average molecular weight is 220 g/mol. The van der Waals surface area contributed by atoms with Gasteiger partial charge in [-0.3, -0.25) is 4.79 Å². The SMILES string of the molecule is CCNCc1noc(-c2cccc(=O)[nH]2)n1. The van der Waals surface area contributed by atoms with Gasteiger partial charge < -0.3 is 14.8 Å². The van der Waals surface area contributed by atoms with Crippen LogP contribution in [0.15, 0.2) is 27.5 Å². The van der Waals surface area contributed by atoms with Gasteiger partial charge in [0.05, 0.1) is 6.54 Å². The quantitative estimate of drug-likeness (QED) is 0.785. The van der Waals surface area contributed by atoms with E-state index in [9.17, 15) is 4.79 Å². The summed E-state index contributed by atoms with van der Waals surface area (Å²) in [7, 11) is 0.